The predicted octanol–water partition coefficient (Wildman–Crippen LogP) is 8.85. The van der Waals surface area contributed by atoms with Crippen LogP contribution in [-0.4, -0.2) is 88.8 Å². The Morgan fingerprint density at radius 3 is 1.51 bits per heavy atom. The largest absolute Gasteiger partial charge is 0.458 e. The van der Waals surface area contributed by atoms with Crippen LogP contribution in [0.5, 0.6) is 0 Å². The number of esters is 3. The van der Waals surface area contributed by atoms with Crippen LogP contribution in [0.2, 0.25) is 0 Å². The Kier molecular flexibility index (Phi) is 27.5. The third-order valence-electron chi connectivity index (χ3n) is 12.1. The highest BCUT2D eigenvalue weighted by atomic mass is 16.8. The minimum atomic E-state index is -3.01. The Morgan fingerprint density at radius 2 is 1.06 bits per heavy atom. The van der Waals surface area contributed by atoms with E-state index in [2.05, 4.69) is 24.5 Å². The molecule has 1 saturated heterocycles. The van der Waals surface area contributed by atoms with Crippen molar-refractivity contribution in [3.8, 4) is 0 Å². The van der Waals surface area contributed by atoms with Crippen LogP contribution in [0.1, 0.15) is 180 Å². The fourth-order valence-corrected chi connectivity index (χ4v) is 8.41. The molecule has 1 aliphatic rings. The lowest BCUT2D eigenvalue weighted by Gasteiger charge is -2.54. The number of carbonyl (C=O) groups is 5. The van der Waals surface area contributed by atoms with Crippen LogP contribution < -0.4 is 10.6 Å². The molecule has 0 saturated carbocycles. The summed E-state index contributed by atoms with van der Waals surface area (Å²) in [6.07, 6.45) is 16.1. The third kappa shape index (κ3) is 19.6. The molecule has 0 bridgehead atoms. The SMILES string of the molecule is CCCCCCCCCCCCCC(=O)N[C@H]1[C@](OC(C)C)(C(=O)OCc2ccccc2)O[C@H](CO)[C@@H](O)[C@@]1(OC(=O)CNC(=O)CCCCCCCCCCC)C(=O)OCc1ccccc1. The molecular formula is C53H82N2O12. The predicted molar refractivity (Wildman–Crippen MR) is 256 cm³/mol. The molecule has 0 aliphatic carbocycles. The number of nitrogens with one attached hydrogen (secondary N) is 2. The maximum atomic E-state index is 14.9. The summed E-state index contributed by atoms with van der Waals surface area (Å²) in [5.74, 6) is -7.71. The zero-order valence-electron chi connectivity index (χ0n) is 40.9. The lowest BCUT2D eigenvalue weighted by molar-refractivity contribution is -0.352. The molecule has 1 fully saturated rings. The van der Waals surface area contributed by atoms with Crippen molar-refractivity contribution >= 4 is 29.7 Å². The molecule has 67 heavy (non-hydrogen) atoms. The second-order valence-corrected chi connectivity index (χ2v) is 18.1. The van der Waals surface area contributed by atoms with E-state index < -0.39 is 78.6 Å². The number of hydrogen-bond donors (Lipinski definition) is 4. The summed E-state index contributed by atoms with van der Waals surface area (Å²) in [5, 5.41) is 28.2. The van der Waals surface area contributed by atoms with E-state index in [1.54, 1.807) is 74.5 Å². The van der Waals surface area contributed by atoms with Gasteiger partial charge in [-0.2, -0.15) is 0 Å². The number of aliphatic hydroxyl groups excluding tert-OH is 2. The molecule has 2 aromatic rings. The van der Waals surface area contributed by atoms with Crippen molar-refractivity contribution in [2.75, 3.05) is 13.2 Å². The van der Waals surface area contributed by atoms with Crippen LogP contribution in [0.15, 0.2) is 60.7 Å². The normalized spacial score (nSPS) is 20.3. The van der Waals surface area contributed by atoms with Crippen molar-refractivity contribution in [3.05, 3.63) is 71.8 Å². The molecule has 0 unspecified atom stereocenters. The van der Waals surface area contributed by atoms with E-state index in [0.717, 1.165) is 57.8 Å². The van der Waals surface area contributed by atoms with Gasteiger partial charge in [0.15, 0.2) is 0 Å². The summed E-state index contributed by atoms with van der Waals surface area (Å²) >= 11 is 0. The van der Waals surface area contributed by atoms with Crippen LogP contribution in [0.3, 0.4) is 0 Å². The quantitative estimate of drug-likeness (QED) is 0.0292. The molecular weight excluding hydrogens is 857 g/mol. The molecule has 0 radical (unpaired) electrons. The fourth-order valence-electron chi connectivity index (χ4n) is 8.41. The molecule has 3 rings (SSSR count). The molecule has 2 amide bonds. The van der Waals surface area contributed by atoms with Crippen molar-refractivity contribution in [2.45, 2.75) is 218 Å². The Labute approximate surface area is 400 Å². The number of benzene rings is 2. The molecule has 0 spiro atoms. The third-order valence-corrected chi connectivity index (χ3v) is 12.1. The minimum absolute atomic E-state index is 0.0676. The van der Waals surface area contributed by atoms with Crippen molar-refractivity contribution in [1.29, 1.82) is 0 Å². The zero-order chi connectivity index (χ0) is 48.8. The Morgan fingerprint density at radius 1 is 0.627 bits per heavy atom. The van der Waals surface area contributed by atoms with E-state index in [0.29, 0.717) is 24.0 Å². The smallest absolute Gasteiger partial charge is 0.369 e. The number of aliphatic hydroxyl groups is 2. The van der Waals surface area contributed by atoms with Gasteiger partial charge in [-0.3, -0.25) is 14.4 Å². The van der Waals surface area contributed by atoms with Gasteiger partial charge in [0.1, 0.15) is 38.0 Å². The van der Waals surface area contributed by atoms with Crippen LogP contribution in [0.25, 0.3) is 0 Å². The van der Waals surface area contributed by atoms with Crippen molar-refractivity contribution in [1.82, 2.24) is 10.6 Å². The van der Waals surface area contributed by atoms with Crippen LogP contribution in [0, 0.1) is 0 Å². The van der Waals surface area contributed by atoms with Gasteiger partial charge in [-0.15, -0.1) is 0 Å². The summed E-state index contributed by atoms with van der Waals surface area (Å²) in [7, 11) is 0. The highest BCUT2D eigenvalue weighted by molar-refractivity contribution is 5.92. The van der Waals surface area contributed by atoms with E-state index in [9.17, 15) is 34.2 Å². The van der Waals surface area contributed by atoms with Crippen molar-refractivity contribution < 1.29 is 57.9 Å². The molecule has 14 nitrogen and oxygen atoms in total. The Hall–Kier alpha value is -4.37. The highest BCUT2D eigenvalue weighted by Crippen LogP contribution is 2.43. The van der Waals surface area contributed by atoms with E-state index in [4.69, 9.17) is 23.7 Å². The van der Waals surface area contributed by atoms with E-state index in [1.165, 1.54) is 57.8 Å². The standard InChI is InChI=1S/C53H82N2O12/c1-5-7-9-11-13-15-16-18-20-22-30-36-46(58)55-49-52(50(61)63-39-42-31-25-23-26-32-42,67-47(59)37-54-45(57)35-29-21-19-17-14-12-10-8-6-2)48(60)44(38-56)66-53(49,65-41(3)4)51(62)64-40-43-33-27-24-28-34-43/h23-28,31-34,41,44,48-49,56,60H,5-22,29-30,35-40H2,1-4H3,(H,54,57)(H,55,58)/t44-,48-,49-,52+,53-/m1/s1. The molecule has 0 aromatic heterocycles. The van der Waals surface area contributed by atoms with Gasteiger partial charge in [-0.1, -0.05) is 190 Å². The van der Waals surface area contributed by atoms with Crippen molar-refractivity contribution in [2.24, 2.45) is 0 Å². The van der Waals surface area contributed by atoms with Gasteiger partial charge in [0.05, 0.1) is 12.7 Å². The maximum absolute atomic E-state index is 14.9. The van der Waals surface area contributed by atoms with Crippen LogP contribution in [-0.2, 0) is 60.9 Å². The van der Waals surface area contributed by atoms with Gasteiger partial charge in [-0.25, -0.2) is 9.59 Å². The van der Waals surface area contributed by atoms with Gasteiger partial charge in [0, 0.05) is 12.8 Å². The first-order valence-corrected chi connectivity index (χ1v) is 25.3. The molecule has 5 atom stereocenters. The number of unbranched alkanes of at least 4 members (excludes halogenated alkanes) is 18. The van der Waals surface area contributed by atoms with E-state index >= 15 is 0 Å². The van der Waals surface area contributed by atoms with Gasteiger partial charge in [0.2, 0.25) is 11.8 Å². The first-order chi connectivity index (χ1) is 32.4. The second-order valence-electron chi connectivity index (χ2n) is 18.1. The summed E-state index contributed by atoms with van der Waals surface area (Å²) in [6, 6.07) is 15.2. The second kappa shape index (κ2) is 32.4. The number of carbonyl (C=O) groups excluding carboxylic acids is 5. The highest BCUT2D eigenvalue weighted by Gasteiger charge is 2.74. The number of hydrogen-bond acceptors (Lipinski definition) is 12. The topological polar surface area (TPSA) is 196 Å². The maximum Gasteiger partial charge on any atom is 0.369 e. The monoisotopic (exact) mass is 939 g/mol. The van der Waals surface area contributed by atoms with Gasteiger partial charge in [-0.05, 0) is 37.8 Å². The molecule has 1 aliphatic heterocycles. The Bertz CT molecular complexity index is 1710. The Balaban J connectivity index is 1.96. The molecule has 4 N–H and O–H groups in total. The molecule has 14 heteroatoms. The lowest BCUT2D eigenvalue weighted by atomic mass is 9.76. The van der Waals surface area contributed by atoms with E-state index in [1.807, 2.05) is 0 Å². The number of ether oxygens (including phenoxy) is 5. The number of amides is 2. The van der Waals surface area contributed by atoms with Gasteiger partial charge in [0.25, 0.3) is 11.4 Å². The molecule has 1 heterocycles. The zero-order valence-corrected chi connectivity index (χ0v) is 40.9. The average Bonchev–Trinajstić information content (AvgIpc) is 3.32. The summed E-state index contributed by atoms with van der Waals surface area (Å²) in [5.41, 5.74) is -1.89. The number of rotatable bonds is 35. The first-order valence-electron chi connectivity index (χ1n) is 25.3. The van der Waals surface area contributed by atoms with Crippen LogP contribution in [0.4, 0.5) is 0 Å². The molecule has 2 aromatic carbocycles. The first kappa shape index (κ1) is 57.0. The molecule has 376 valence electrons. The average molecular weight is 939 g/mol. The van der Waals surface area contributed by atoms with Crippen LogP contribution >= 0.6 is 0 Å². The summed E-state index contributed by atoms with van der Waals surface area (Å²) < 4.78 is 30.1. The lowest BCUT2D eigenvalue weighted by Crippen LogP contribution is -2.82. The van der Waals surface area contributed by atoms with Crippen molar-refractivity contribution in [3.63, 3.8) is 0 Å². The summed E-state index contributed by atoms with van der Waals surface area (Å²) in [6.45, 7) is 5.12. The van der Waals surface area contributed by atoms with Gasteiger partial charge < -0.3 is 44.5 Å². The summed E-state index contributed by atoms with van der Waals surface area (Å²) in [4.78, 5) is 70.9. The minimum Gasteiger partial charge on any atom is -0.458 e. The van der Waals surface area contributed by atoms with Gasteiger partial charge >= 0.3 is 17.9 Å². The van der Waals surface area contributed by atoms with E-state index in [-0.39, 0.29) is 26.1 Å². The fraction of sp³-hybridized carbons (Fsp3) is 0.679.